The van der Waals surface area contributed by atoms with Crippen molar-refractivity contribution in [3.05, 3.63) is 119 Å². The fraction of sp³-hybridized carbons (Fsp3) is 0.219. The van der Waals surface area contributed by atoms with E-state index in [1.165, 1.54) is 33.6 Å². The molecule has 40 heavy (non-hydrogen) atoms. The number of carbonyl (C=O) groups excluding carboxylic acids is 1. The van der Waals surface area contributed by atoms with Crippen LogP contribution in [0.1, 0.15) is 34.0 Å². The second-order valence-corrected chi connectivity index (χ2v) is 9.67. The number of carbonyl (C=O) groups is 1. The molecular weight excluding hydrogens is 547 g/mol. The normalized spacial score (nSPS) is 16.4. The second kappa shape index (κ2) is 14.3. The van der Waals surface area contributed by atoms with Crippen molar-refractivity contribution in [1.29, 1.82) is 10.8 Å². The minimum absolute atomic E-state index is 0. The zero-order valence-corrected chi connectivity index (χ0v) is 24.5. The van der Waals surface area contributed by atoms with Crippen LogP contribution in [0, 0.1) is 10.8 Å². The van der Waals surface area contributed by atoms with Gasteiger partial charge in [0.2, 0.25) is 5.90 Å². The number of fused-ring (bicyclic) bond motifs is 1. The molecule has 3 aromatic carbocycles. The molecule has 0 aliphatic carbocycles. The maximum absolute atomic E-state index is 11.4. The fourth-order valence-corrected chi connectivity index (χ4v) is 4.73. The number of methoxy groups -OCH3 is 1. The van der Waals surface area contributed by atoms with E-state index in [0.717, 1.165) is 12.2 Å². The molecule has 4 rings (SSSR count). The average molecular weight is 584 g/mol. The molecule has 3 N–H and O–H groups in total. The van der Waals surface area contributed by atoms with Crippen LogP contribution < -0.4 is 9.64 Å². The van der Waals surface area contributed by atoms with E-state index in [1.807, 2.05) is 18.2 Å². The molecule has 211 valence electrons. The Hall–Kier alpha value is -4.14. The van der Waals surface area contributed by atoms with Gasteiger partial charge < -0.3 is 25.1 Å². The molecule has 1 aliphatic rings. The number of ether oxygens (including phenoxy) is 1. The number of allylic oxidation sites excluding steroid dienone is 4. The van der Waals surface area contributed by atoms with Crippen LogP contribution in [0.4, 0.5) is 5.69 Å². The van der Waals surface area contributed by atoms with E-state index in [4.69, 9.17) is 20.7 Å². The quantitative estimate of drug-likeness (QED) is 0.235. The van der Waals surface area contributed by atoms with Crippen LogP contribution in [-0.2, 0) is 28.6 Å². The zero-order valence-electron chi connectivity index (χ0n) is 23.4. The molecule has 1 unspecified atom stereocenters. The summed E-state index contributed by atoms with van der Waals surface area (Å²) in [4.78, 5) is 15.1. The number of aliphatic hydroxyl groups excluding tert-OH is 1. The number of hydrogen-bond donors (Lipinski definition) is 3. The van der Waals surface area contributed by atoms with Crippen molar-refractivity contribution in [3.8, 4) is 5.75 Å². The van der Waals surface area contributed by atoms with E-state index in [0.29, 0.717) is 11.1 Å². The Balaban J connectivity index is 0.000000320. The first kappa shape index (κ1) is 32.1. The third-order valence-corrected chi connectivity index (χ3v) is 6.76. The van der Waals surface area contributed by atoms with Crippen LogP contribution in [0.2, 0.25) is 0 Å². The number of aliphatic hydroxyl groups is 1. The van der Waals surface area contributed by atoms with Crippen LogP contribution in [0.5, 0.6) is 5.75 Å². The number of anilines is 1. The minimum Gasteiger partial charge on any atom is -0.497 e. The molecule has 1 heterocycles. The van der Waals surface area contributed by atoms with E-state index >= 15 is 0 Å². The molecule has 1 aliphatic heterocycles. The summed E-state index contributed by atoms with van der Waals surface area (Å²) >= 11 is 0. The van der Waals surface area contributed by atoms with Crippen molar-refractivity contribution in [2.75, 3.05) is 33.2 Å². The summed E-state index contributed by atoms with van der Waals surface area (Å²) in [5.41, 5.74) is 5.78. The number of hydrogen-bond acceptors (Lipinski definition) is 5. The van der Waals surface area contributed by atoms with Gasteiger partial charge in [0.1, 0.15) is 5.75 Å². The Morgan fingerprint density at radius 1 is 1.02 bits per heavy atom. The predicted octanol–water partition coefficient (Wildman–Crippen LogP) is 6.00. The first-order valence-corrected chi connectivity index (χ1v) is 12.6. The van der Waals surface area contributed by atoms with Crippen molar-refractivity contribution >= 4 is 23.7 Å². The molecular formula is C32H36CoN4O3. The molecule has 0 spiro atoms. The Morgan fingerprint density at radius 2 is 1.65 bits per heavy atom. The fourth-order valence-electron chi connectivity index (χ4n) is 4.73. The summed E-state index contributed by atoms with van der Waals surface area (Å²) in [5.74, 6) is 0.289. The summed E-state index contributed by atoms with van der Waals surface area (Å²) < 4.78 is 5.47. The van der Waals surface area contributed by atoms with Gasteiger partial charge in [0.05, 0.1) is 7.11 Å². The van der Waals surface area contributed by atoms with Crippen molar-refractivity contribution in [2.24, 2.45) is 0 Å². The Bertz CT molecular complexity index is 1390. The molecule has 8 heteroatoms. The third kappa shape index (κ3) is 7.28. The van der Waals surface area contributed by atoms with Gasteiger partial charge in [-0.2, -0.15) is 0 Å². The summed E-state index contributed by atoms with van der Waals surface area (Å²) in [6.07, 6.45) is 8.00. The predicted molar refractivity (Wildman–Crippen MR) is 159 cm³/mol. The molecule has 0 aromatic heterocycles. The molecule has 0 fully saturated rings. The van der Waals surface area contributed by atoms with Crippen LogP contribution >= 0.6 is 0 Å². The number of amides is 1. The van der Waals surface area contributed by atoms with Gasteiger partial charge in [-0.1, -0.05) is 36.4 Å². The molecule has 1 amide bonds. The van der Waals surface area contributed by atoms with Gasteiger partial charge in [-0.3, -0.25) is 10.2 Å². The van der Waals surface area contributed by atoms with E-state index in [-0.39, 0.29) is 28.1 Å². The van der Waals surface area contributed by atoms with Gasteiger partial charge in [-0.15, -0.1) is 0 Å². The Kier molecular flexibility index (Phi) is 11.5. The first-order valence-electron chi connectivity index (χ1n) is 12.6. The van der Waals surface area contributed by atoms with Crippen molar-refractivity contribution in [3.63, 3.8) is 0 Å². The van der Waals surface area contributed by atoms with Crippen LogP contribution in [-0.4, -0.2) is 56.3 Å². The van der Waals surface area contributed by atoms with Crippen LogP contribution in [0.3, 0.4) is 0 Å². The number of nitrogens with zero attached hydrogens (tertiary/aromatic N) is 2. The molecule has 7 nitrogen and oxygen atoms in total. The standard InChI is InChI=1S/C22H24N2O.C10H12N2O2.Co/c1-22(16-17-9-5-4-6-10-17)19-15-18(25-3)12-13-20(19)24(2)21(22)11-7-8-14-23;1-12(2)10(14)8-5-3-7(4-6-8)9(11)13;/h4-15,23H,16H2,1-3H3;3-6H,1-2H3,(H2,11,13);/b8-7+,21-11-,23-14?;;. The van der Waals surface area contributed by atoms with E-state index in [1.54, 1.807) is 51.5 Å². The minimum atomic E-state index is -0.492. The Labute approximate surface area is 247 Å². The topological polar surface area (TPSA) is 101 Å². The monoisotopic (exact) mass is 583 g/mol. The smallest absolute Gasteiger partial charge is 0.253 e. The van der Waals surface area contributed by atoms with Crippen LogP contribution in [0.25, 0.3) is 0 Å². The molecule has 0 bridgehead atoms. The van der Waals surface area contributed by atoms with Crippen molar-refractivity contribution in [1.82, 2.24) is 4.90 Å². The summed E-state index contributed by atoms with van der Waals surface area (Å²) in [6.45, 7) is 2.28. The number of rotatable bonds is 7. The molecule has 1 radical (unpaired) electrons. The van der Waals surface area contributed by atoms with Crippen molar-refractivity contribution in [2.45, 2.75) is 18.8 Å². The van der Waals surface area contributed by atoms with E-state index < -0.39 is 5.90 Å². The zero-order chi connectivity index (χ0) is 28.6. The summed E-state index contributed by atoms with van der Waals surface area (Å²) in [7, 11) is 7.15. The second-order valence-electron chi connectivity index (χ2n) is 9.67. The average Bonchev–Trinajstić information content (AvgIpc) is 3.14. The van der Waals surface area contributed by atoms with Crippen LogP contribution in [0.15, 0.2) is 96.7 Å². The molecule has 1 atom stereocenters. The number of likely N-dealkylation sites (N-methyl/N-ethyl adjacent to an activating group) is 1. The summed E-state index contributed by atoms with van der Waals surface area (Å²) in [5, 5.41) is 23.0. The van der Waals surface area contributed by atoms with E-state index in [2.05, 4.69) is 61.3 Å². The molecule has 0 saturated heterocycles. The maximum atomic E-state index is 11.4. The third-order valence-electron chi connectivity index (χ3n) is 6.76. The van der Waals surface area contributed by atoms with Gasteiger partial charge in [0, 0.05) is 72.1 Å². The van der Waals surface area contributed by atoms with Gasteiger partial charge in [-0.25, -0.2) is 0 Å². The first-order chi connectivity index (χ1) is 18.6. The van der Waals surface area contributed by atoms with Gasteiger partial charge in [0.25, 0.3) is 5.91 Å². The maximum Gasteiger partial charge on any atom is 0.253 e. The number of benzene rings is 3. The Morgan fingerprint density at radius 3 is 2.20 bits per heavy atom. The molecule has 0 saturated carbocycles. The largest absolute Gasteiger partial charge is 0.497 e. The summed E-state index contributed by atoms with van der Waals surface area (Å²) in [6, 6.07) is 23.1. The van der Waals surface area contributed by atoms with Crippen molar-refractivity contribution < 1.29 is 31.4 Å². The SMILES string of the molecule is CN(C)C(=O)c1ccc(C(=N)O)cc1.COc1ccc2c(c1)C(C)(Cc1ccccc1)/C(=C/C=C/C=N)N2C.[Co]. The van der Waals surface area contributed by atoms with Gasteiger partial charge >= 0.3 is 0 Å². The molecule has 3 aromatic rings. The van der Waals surface area contributed by atoms with Gasteiger partial charge in [0.15, 0.2) is 0 Å². The van der Waals surface area contributed by atoms with Gasteiger partial charge in [-0.05, 0) is 79.1 Å². The van der Waals surface area contributed by atoms with E-state index in [9.17, 15) is 4.79 Å². The number of nitrogens with one attached hydrogen (secondary N) is 2.